The van der Waals surface area contributed by atoms with Crippen molar-refractivity contribution in [3.05, 3.63) is 94.8 Å². The summed E-state index contributed by atoms with van der Waals surface area (Å²) < 4.78 is 18.7. The lowest BCUT2D eigenvalue weighted by atomic mass is 9.83. The molecule has 0 saturated carbocycles. The lowest BCUT2D eigenvalue weighted by Crippen LogP contribution is -2.43. The molecule has 0 bridgehead atoms. The number of piperidine rings is 1. The number of rotatable bonds is 6. The van der Waals surface area contributed by atoms with E-state index >= 15 is 0 Å². The van der Waals surface area contributed by atoms with Gasteiger partial charge in [-0.05, 0) is 65.9 Å². The number of hydrogen-bond acceptors (Lipinski definition) is 3. The number of likely N-dealkylation sites (tertiary alicyclic amines) is 1. The Hall–Kier alpha value is -2.89. The van der Waals surface area contributed by atoms with Crippen LogP contribution in [0.3, 0.4) is 0 Å². The smallest absolute Gasteiger partial charge is 0.228 e. The second-order valence-corrected chi connectivity index (χ2v) is 8.59. The van der Waals surface area contributed by atoms with Gasteiger partial charge in [-0.2, -0.15) is 0 Å². The van der Waals surface area contributed by atoms with Crippen LogP contribution in [0.2, 0.25) is 5.02 Å². The second kappa shape index (κ2) is 10.2. The topological polar surface area (TPSA) is 41.6 Å². The summed E-state index contributed by atoms with van der Waals surface area (Å²) in [5.41, 5.74) is 2.80. The second-order valence-electron chi connectivity index (χ2n) is 8.18. The van der Waals surface area contributed by atoms with Gasteiger partial charge in [0.2, 0.25) is 5.91 Å². The van der Waals surface area contributed by atoms with Crippen LogP contribution >= 0.6 is 11.6 Å². The van der Waals surface area contributed by atoms with Gasteiger partial charge in [-0.25, -0.2) is 4.39 Å². The van der Waals surface area contributed by atoms with Crippen molar-refractivity contribution in [3.63, 3.8) is 0 Å². The van der Waals surface area contributed by atoms with E-state index in [4.69, 9.17) is 16.3 Å². The zero-order valence-corrected chi connectivity index (χ0v) is 18.7. The van der Waals surface area contributed by atoms with Gasteiger partial charge in [-0.15, -0.1) is 0 Å². The maximum atomic E-state index is 13.5. The van der Waals surface area contributed by atoms with Gasteiger partial charge in [0.15, 0.2) is 0 Å². The summed E-state index contributed by atoms with van der Waals surface area (Å²) in [6, 6.07) is 21.7. The highest BCUT2D eigenvalue weighted by Gasteiger charge is 2.32. The first-order valence-corrected chi connectivity index (χ1v) is 11.1. The third kappa shape index (κ3) is 5.47. The van der Waals surface area contributed by atoms with E-state index in [1.807, 2.05) is 60.7 Å². The summed E-state index contributed by atoms with van der Waals surface area (Å²) in [7, 11) is 1.61. The van der Waals surface area contributed by atoms with Crippen molar-refractivity contribution in [1.29, 1.82) is 0 Å². The normalized spacial score (nSPS) is 18.8. The van der Waals surface area contributed by atoms with Crippen molar-refractivity contribution in [2.45, 2.75) is 18.9 Å². The highest BCUT2D eigenvalue weighted by atomic mass is 35.5. The number of carbonyl (C=O) groups is 1. The predicted molar refractivity (Wildman–Crippen MR) is 126 cm³/mol. The number of benzene rings is 3. The number of amides is 1. The van der Waals surface area contributed by atoms with Crippen LogP contribution in [0, 0.1) is 11.7 Å². The van der Waals surface area contributed by atoms with Gasteiger partial charge in [0.25, 0.3) is 0 Å². The van der Waals surface area contributed by atoms with E-state index in [-0.39, 0.29) is 23.6 Å². The molecule has 1 aliphatic rings. The third-order valence-corrected chi connectivity index (χ3v) is 6.32. The number of halogens is 2. The lowest BCUT2D eigenvalue weighted by Gasteiger charge is -2.37. The Kier molecular flexibility index (Phi) is 7.08. The Morgan fingerprint density at radius 1 is 1.06 bits per heavy atom. The molecule has 0 spiro atoms. The maximum Gasteiger partial charge on any atom is 0.228 e. The van der Waals surface area contributed by atoms with Gasteiger partial charge in [-0.3, -0.25) is 9.69 Å². The van der Waals surface area contributed by atoms with Crippen molar-refractivity contribution < 1.29 is 13.9 Å². The molecule has 32 heavy (non-hydrogen) atoms. The first kappa shape index (κ1) is 22.3. The number of anilines is 1. The van der Waals surface area contributed by atoms with Gasteiger partial charge in [0.1, 0.15) is 11.6 Å². The molecular formula is C26H26ClFN2O2. The van der Waals surface area contributed by atoms with Crippen LogP contribution in [-0.2, 0) is 11.3 Å². The SMILES string of the molecule is COc1ccc(NC(=O)C2CC(c3ccc(F)cc3)CN(Cc3ccccc3Cl)C2)cc1. The molecule has 1 amide bonds. The van der Waals surface area contributed by atoms with Crippen molar-refractivity contribution >= 4 is 23.2 Å². The van der Waals surface area contributed by atoms with E-state index in [1.165, 1.54) is 12.1 Å². The molecule has 1 N–H and O–H groups in total. The van der Waals surface area contributed by atoms with Crippen molar-refractivity contribution in [2.75, 3.05) is 25.5 Å². The fraction of sp³-hybridized carbons (Fsp3) is 0.269. The summed E-state index contributed by atoms with van der Waals surface area (Å²) in [5.74, 6) is 0.377. The van der Waals surface area contributed by atoms with Crippen LogP contribution in [0.25, 0.3) is 0 Å². The average molecular weight is 453 g/mol. The van der Waals surface area contributed by atoms with Gasteiger partial charge >= 0.3 is 0 Å². The molecule has 1 saturated heterocycles. The Morgan fingerprint density at radius 3 is 2.47 bits per heavy atom. The number of nitrogens with zero attached hydrogens (tertiary/aromatic N) is 1. The van der Waals surface area contributed by atoms with Crippen LogP contribution < -0.4 is 10.1 Å². The van der Waals surface area contributed by atoms with Gasteiger partial charge in [0, 0.05) is 30.3 Å². The van der Waals surface area contributed by atoms with E-state index in [2.05, 4.69) is 10.2 Å². The summed E-state index contributed by atoms with van der Waals surface area (Å²) >= 11 is 6.39. The quantitative estimate of drug-likeness (QED) is 0.519. The Balaban J connectivity index is 1.53. The van der Waals surface area contributed by atoms with Crippen LogP contribution in [0.1, 0.15) is 23.5 Å². The number of hydrogen-bond donors (Lipinski definition) is 1. The summed E-state index contributed by atoms with van der Waals surface area (Å²) in [5, 5.41) is 3.75. The summed E-state index contributed by atoms with van der Waals surface area (Å²) in [6.45, 7) is 2.07. The fourth-order valence-electron chi connectivity index (χ4n) is 4.27. The summed E-state index contributed by atoms with van der Waals surface area (Å²) in [6.07, 6.45) is 0.701. The molecule has 2 atom stereocenters. The molecular weight excluding hydrogens is 427 g/mol. The fourth-order valence-corrected chi connectivity index (χ4v) is 4.47. The highest BCUT2D eigenvalue weighted by Crippen LogP contribution is 2.33. The molecule has 6 heteroatoms. The third-order valence-electron chi connectivity index (χ3n) is 5.95. The minimum absolute atomic E-state index is 0.0221. The van der Waals surface area contributed by atoms with Gasteiger partial charge < -0.3 is 10.1 Å². The zero-order chi connectivity index (χ0) is 22.5. The molecule has 3 aromatic rings. The molecule has 3 aromatic carbocycles. The Morgan fingerprint density at radius 2 is 1.78 bits per heavy atom. The van der Waals surface area contributed by atoms with Crippen molar-refractivity contribution in [3.8, 4) is 5.75 Å². The molecule has 1 aliphatic heterocycles. The molecule has 1 heterocycles. The molecule has 0 aliphatic carbocycles. The van der Waals surface area contributed by atoms with E-state index in [0.29, 0.717) is 19.5 Å². The van der Waals surface area contributed by atoms with Crippen molar-refractivity contribution in [2.24, 2.45) is 5.92 Å². The molecule has 2 unspecified atom stereocenters. The minimum atomic E-state index is -0.258. The Labute approximate surface area is 193 Å². The first-order valence-electron chi connectivity index (χ1n) is 10.7. The van der Waals surface area contributed by atoms with Gasteiger partial charge in [0.05, 0.1) is 13.0 Å². The highest BCUT2D eigenvalue weighted by molar-refractivity contribution is 6.31. The first-order chi connectivity index (χ1) is 15.5. The number of carbonyl (C=O) groups excluding carboxylic acids is 1. The minimum Gasteiger partial charge on any atom is -0.497 e. The van der Waals surface area contributed by atoms with E-state index in [1.54, 1.807) is 7.11 Å². The maximum absolute atomic E-state index is 13.5. The Bertz CT molecular complexity index is 1060. The largest absolute Gasteiger partial charge is 0.497 e. The molecule has 0 aromatic heterocycles. The van der Waals surface area contributed by atoms with Crippen LogP contribution in [-0.4, -0.2) is 31.0 Å². The van der Waals surface area contributed by atoms with Crippen LogP contribution in [0.5, 0.6) is 5.75 Å². The molecule has 1 fully saturated rings. The zero-order valence-electron chi connectivity index (χ0n) is 17.9. The number of ether oxygens (including phenoxy) is 1. The number of nitrogens with one attached hydrogen (secondary N) is 1. The van der Waals surface area contributed by atoms with Crippen LogP contribution in [0.15, 0.2) is 72.8 Å². The standard InChI is InChI=1S/C26H26ClFN2O2/c1-32-24-12-10-23(11-13-24)29-26(31)21-14-20(18-6-8-22(28)9-7-18)16-30(17-21)15-19-4-2-3-5-25(19)27/h2-13,20-21H,14-17H2,1H3,(H,29,31). The monoisotopic (exact) mass is 452 g/mol. The molecule has 166 valence electrons. The lowest BCUT2D eigenvalue weighted by molar-refractivity contribution is -0.121. The molecule has 4 rings (SSSR count). The molecule has 0 radical (unpaired) electrons. The van der Waals surface area contributed by atoms with Gasteiger partial charge in [-0.1, -0.05) is 41.9 Å². The molecule has 4 nitrogen and oxygen atoms in total. The van der Waals surface area contributed by atoms with Crippen molar-refractivity contribution in [1.82, 2.24) is 4.90 Å². The van der Waals surface area contributed by atoms with E-state index in [0.717, 1.165) is 34.1 Å². The average Bonchev–Trinajstić information content (AvgIpc) is 2.81. The van der Waals surface area contributed by atoms with E-state index < -0.39 is 0 Å². The number of methoxy groups -OCH3 is 1. The predicted octanol–water partition coefficient (Wildman–Crippen LogP) is 5.73. The van der Waals surface area contributed by atoms with E-state index in [9.17, 15) is 9.18 Å². The van der Waals surface area contributed by atoms with Crippen LogP contribution in [0.4, 0.5) is 10.1 Å². The summed E-state index contributed by atoms with van der Waals surface area (Å²) in [4.78, 5) is 15.4.